The van der Waals surface area contributed by atoms with Crippen LogP contribution < -0.4 is 5.32 Å². The molecule has 0 radical (unpaired) electrons. The van der Waals surface area contributed by atoms with Crippen molar-refractivity contribution in [1.82, 2.24) is 15.0 Å². The van der Waals surface area contributed by atoms with Gasteiger partial charge in [-0.05, 0) is 31.0 Å². The molecule has 0 bridgehead atoms. The van der Waals surface area contributed by atoms with Crippen molar-refractivity contribution in [2.45, 2.75) is 26.8 Å². The molecule has 20 heavy (non-hydrogen) atoms. The number of aryl methyl sites for hydroxylation is 2. The number of nitrogens with zero attached hydrogens (tertiary/aromatic N) is 3. The van der Waals surface area contributed by atoms with E-state index in [0.29, 0.717) is 6.54 Å². The zero-order chi connectivity index (χ0) is 14.1. The molecule has 1 N–H and O–H groups in total. The molecule has 0 saturated heterocycles. The molecule has 3 aromatic heterocycles. The largest absolute Gasteiger partial charge is 0.364 e. The van der Waals surface area contributed by atoms with Gasteiger partial charge in [0.1, 0.15) is 10.6 Å². The summed E-state index contributed by atoms with van der Waals surface area (Å²) in [5.74, 6) is 0.779. The predicted molar refractivity (Wildman–Crippen MR) is 86.0 cm³/mol. The molecule has 0 spiro atoms. The Morgan fingerprint density at radius 2 is 2.15 bits per heavy atom. The zero-order valence-electron chi connectivity index (χ0n) is 11.1. The van der Waals surface area contributed by atoms with Crippen LogP contribution in [0.5, 0.6) is 0 Å². The molecule has 0 aliphatic carbocycles. The second kappa shape index (κ2) is 5.63. The number of hydrogen-bond donors (Lipinski definition) is 1. The van der Waals surface area contributed by atoms with Crippen LogP contribution in [0, 0.1) is 6.92 Å². The molecular weight excluding hydrogens is 312 g/mol. The van der Waals surface area contributed by atoms with E-state index in [-0.39, 0.29) is 5.28 Å². The first-order valence-corrected chi connectivity index (χ1v) is 8.34. The van der Waals surface area contributed by atoms with Crippen LogP contribution in [0.15, 0.2) is 11.4 Å². The summed E-state index contributed by atoms with van der Waals surface area (Å²) >= 11 is 9.30. The van der Waals surface area contributed by atoms with E-state index in [1.54, 1.807) is 22.7 Å². The fraction of sp³-hybridized carbons (Fsp3) is 0.308. The van der Waals surface area contributed by atoms with Gasteiger partial charge in [0.15, 0.2) is 0 Å². The Morgan fingerprint density at radius 3 is 2.85 bits per heavy atom. The van der Waals surface area contributed by atoms with Crippen molar-refractivity contribution in [3.05, 3.63) is 32.3 Å². The van der Waals surface area contributed by atoms with Crippen molar-refractivity contribution >= 4 is 50.3 Å². The Bertz CT molecular complexity index is 750. The van der Waals surface area contributed by atoms with Gasteiger partial charge in [-0.15, -0.1) is 22.7 Å². The average Bonchev–Trinajstić information content (AvgIpc) is 3.01. The Morgan fingerprint density at radius 1 is 1.30 bits per heavy atom. The molecule has 0 amide bonds. The van der Waals surface area contributed by atoms with E-state index in [1.807, 2.05) is 12.3 Å². The van der Waals surface area contributed by atoms with E-state index < -0.39 is 0 Å². The van der Waals surface area contributed by atoms with Crippen molar-refractivity contribution in [3.63, 3.8) is 0 Å². The number of thiophene rings is 1. The number of aromatic nitrogens is 3. The molecule has 4 nitrogen and oxygen atoms in total. The number of hydrogen-bond acceptors (Lipinski definition) is 6. The number of halogens is 1. The van der Waals surface area contributed by atoms with Gasteiger partial charge in [0.25, 0.3) is 0 Å². The van der Waals surface area contributed by atoms with Crippen molar-refractivity contribution in [2.75, 3.05) is 5.32 Å². The highest BCUT2D eigenvalue weighted by molar-refractivity contribution is 7.18. The fourth-order valence-corrected chi connectivity index (χ4v) is 3.72. The van der Waals surface area contributed by atoms with Crippen molar-refractivity contribution < 1.29 is 0 Å². The smallest absolute Gasteiger partial charge is 0.225 e. The highest BCUT2D eigenvalue weighted by atomic mass is 35.5. The second-order valence-corrected chi connectivity index (χ2v) is 6.85. The summed E-state index contributed by atoms with van der Waals surface area (Å²) in [4.78, 5) is 15.2. The maximum Gasteiger partial charge on any atom is 0.225 e. The van der Waals surface area contributed by atoms with Gasteiger partial charge in [0, 0.05) is 10.3 Å². The SMILES string of the molecule is CCc1cc2c(NCc3csc(C)n3)nc(Cl)nc2s1. The summed E-state index contributed by atoms with van der Waals surface area (Å²) in [6, 6.07) is 2.13. The molecule has 3 rings (SSSR count). The van der Waals surface area contributed by atoms with E-state index in [2.05, 4.69) is 33.3 Å². The normalized spacial score (nSPS) is 11.2. The first-order valence-electron chi connectivity index (χ1n) is 6.26. The summed E-state index contributed by atoms with van der Waals surface area (Å²) in [6.45, 7) is 4.77. The summed E-state index contributed by atoms with van der Waals surface area (Å²) in [5, 5.41) is 7.73. The van der Waals surface area contributed by atoms with Gasteiger partial charge in [0.2, 0.25) is 5.28 Å². The maximum absolute atomic E-state index is 5.99. The van der Waals surface area contributed by atoms with Gasteiger partial charge >= 0.3 is 0 Å². The van der Waals surface area contributed by atoms with Crippen LogP contribution in [-0.4, -0.2) is 15.0 Å². The van der Waals surface area contributed by atoms with E-state index in [9.17, 15) is 0 Å². The molecule has 0 atom stereocenters. The standard InChI is InChI=1S/C13H13ClN4S2/c1-3-9-4-10-11(17-13(14)18-12(10)20-9)15-5-8-6-19-7(2)16-8/h4,6H,3,5H2,1-2H3,(H,15,17,18). The lowest BCUT2D eigenvalue weighted by molar-refractivity contribution is 1.04. The molecule has 0 fully saturated rings. The average molecular weight is 325 g/mol. The Balaban J connectivity index is 1.91. The van der Waals surface area contributed by atoms with Crippen molar-refractivity contribution in [1.29, 1.82) is 0 Å². The number of fused-ring (bicyclic) bond motifs is 1. The molecule has 0 aromatic carbocycles. The molecule has 0 unspecified atom stereocenters. The van der Waals surface area contributed by atoms with Gasteiger partial charge in [-0.2, -0.15) is 0 Å². The number of rotatable bonds is 4. The van der Waals surface area contributed by atoms with Gasteiger partial charge in [-0.25, -0.2) is 15.0 Å². The van der Waals surface area contributed by atoms with Crippen molar-refractivity contribution in [2.24, 2.45) is 0 Å². The van der Waals surface area contributed by atoms with Crippen LogP contribution in [-0.2, 0) is 13.0 Å². The lowest BCUT2D eigenvalue weighted by atomic mass is 10.3. The first kappa shape index (κ1) is 13.7. The van der Waals surface area contributed by atoms with Crippen LogP contribution >= 0.6 is 34.3 Å². The first-order chi connectivity index (χ1) is 9.65. The molecule has 0 saturated carbocycles. The molecule has 0 aliphatic rings. The minimum absolute atomic E-state index is 0.277. The Labute approximate surface area is 129 Å². The van der Waals surface area contributed by atoms with E-state index in [0.717, 1.165) is 33.2 Å². The maximum atomic E-state index is 5.99. The van der Waals surface area contributed by atoms with Crippen LogP contribution in [0.2, 0.25) is 5.28 Å². The third-order valence-corrected chi connectivity index (χ3v) is 5.03. The summed E-state index contributed by atoms with van der Waals surface area (Å²) in [7, 11) is 0. The fourth-order valence-electron chi connectivity index (χ4n) is 1.92. The Kier molecular flexibility index (Phi) is 3.87. The molecule has 7 heteroatoms. The topological polar surface area (TPSA) is 50.7 Å². The molecule has 104 valence electrons. The van der Waals surface area contributed by atoms with Crippen LogP contribution in [0.1, 0.15) is 22.5 Å². The summed E-state index contributed by atoms with van der Waals surface area (Å²) in [6.07, 6.45) is 0.989. The minimum atomic E-state index is 0.277. The molecule has 0 aliphatic heterocycles. The minimum Gasteiger partial charge on any atom is -0.364 e. The molecule has 3 aromatic rings. The van der Waals surface area contributed by atoms with Gasteiger partial charge in [-0.3, -0.25) is 0 Å². The third kappa shape index (κ3) is 2.77. The van der Waals surface area contributed by atoms with Crippen LogP contribution in [0.25, 0.3) is 10.2 Å². The van der Waals surface area contributed by atoms with E-state index in [1.165, 1.54) is 4.88 Å². The van der Waals surface area contributed by atoms with Gasteiger partial charge < -0.3 is 5.32 Å². The van der Waals surface area contributed by atoms with E-state index >= 15 is 0 Å². The highest BCUT2D eigenvalue weighted by Crippen LogP contribution is 2.30. The molecule has 3 heterocycles. The molecular formula is C13H13ClN4S2. The van der Waals surface area contributed by atoms with Gasteiger partial charge in [-0.1, -0.05) is 6.92 Å². The number of thiazole rings is 1. The predicted octanol–water partition coefficient (Wildman–Crippen LogP) is 4.28. The second-order valence-electron chi connectivity index (χ2n) is 4.34. The quantitative estimate of drug-likeness (QED) is 0.727. The third-order valence-electron chi connectivity index (χ3n) is 2.87. The zero-order valence-corrected chi connectivity index (χ0v) is 13.5. The number of nitrogens with one attached hydrogen (secondary N) is 1. The number of anilines is 1. The Hall–Kier alpha value is -1.24. The van der Waals surface area contributed by atoms with Crippen molar-refractivity contribution in [3.8, 4) is 0 Å². The summed E-state index contributed by atoms with van der Waals surface area (Å²) < 4.78 is 0. The lowest BCUT2D eigenvalue weighted by Crippen LogP contribution is -2.02. The van der Waals surface area contributed by atoms with E-state index in [4.69, 9.17) is 11.6 Å². The lowest BCUT2D eigenvalue weighted by Gasteiger charge is -2.05. The van der Waals surface area contributed by atoms with Crippen LogP contribution in [0.3, 0.4) is 0 Å². The monoisotopic (exact) mass is 324 g/mol. The van der Waals surface area contributed by atoms with Gasteiger partial charge in [0.05, 0.1) is 22.6 Å². The van der Waals surface area contributed by atoms with Crippen LogP contribution in [0.4, 0.5) is 5.82 Å². The summed E-state index contributed by atoms with van der Waals surface area (Å²) in [5.41, 5.74) is 1.02. The highest BCUT2D eigenvalue weighted by Gasteiger charge is 2.10.